The van der Waals surface area contributed by atoms with Crippen molar-refractivity contribution in [3.63, 3.8) is 0 Å². The van der Waals surface area contributed by atoms with E-state index in [0.717, 1.165) is 5.56 Å². The van der Waals surface area contributed by atoms with Gasteiger partial charge in [0.15, 0.2) is 17.4 Å². The van der Waals surface area contributed by atoms with E-state index in [-0.39, 0.29) is 5.75 Å². The molecule has 106 valence electrons. The minimum atomic E-state index is -0.478. The average Bonchev–Trinajstić information content (AvgIpc) is 2.97. The van der Waals surface area contributed by atoms with Crippen molar-refractivity contribution in [1.29, 1.82) is 0 Å². The molecule has 0 saturated heterocycles. The Balaban J connectivity index is 2.06. The summed E-state index contributed by atoms with van der Waals surface area (Å²) >= 11 is 0. The highest BCUT2D eigenvalue weighted by Gasteiger charge is 2.12. The largest absolute Gasteiger partial charge is 0.494 e. The first-order chi connectivity index (χ1) is 10.2. The van der Waals surface area contributed by atoms with E-state index in [1.54, 1.807) is 30.3 Å². The van der Waals surface area contributed by atoms with E-state index < -0.39 is 5.82 Å². The number of methoxy groups -OCH3 is 1. The molecule has 0 aliphatic heterocycles. The predicted octanol–water partition coefficient (Wildman–Crippen LogP) is 2.06. The number of rotatable bonds is 3. The number of anilines is 1. The number of nitrogens with two attached hydrogens (primary N) is 1. The van der Waals surface area contributed by atoms with Crippen molar-refractivity contribution >= 4 is 5.69 Å². The number of hydrogen-bond donors (Lipinski definition) is 1. The van der Waals surface area contributed by atoms with Gasteiger partial charge in [-0.15, -0.1) is 5.10 Å². The Bertz CT molecular complexity index is 769. The quantitative estimate of drug-likeness (QED) is 0.745. The van der Waals surface area contributed by atoms with E-state index >= 15 is 0 Å². The van der Waals surface area contributed by atoms with E-state index in [1.165, 1.54) is 23.9 Å². The lowest BCUT2D eigenvalue weighted by Crippen LogP contribution is -2.01. The molecule has 0 radical (unpaired) electrons. The van der Waals surface area contributed by atoms with Crippen LogP contribution in [0.2, 0.25) is 0 Å². The van der Waals surface area contributed by atoms with Gasteiger partial charge in [-0.3, -0.25) is 0 Å². The van der Waals surface area contributed by atoms with Crippen LogP contribution in [0.15, 0.2) is 42.5 Å². The van der Waals surface area contributed by atoms with Crippen molar-refractivity contribution in [2.75, 3.05) is 12.8 Å². The molecule has 1 aromatic heterocycles. The number of nitrogens with zero attached hydrogens (tertiary/aromatic N) is 4. The molecule has 0 aliphatic rings. The minimum absolute atomic E-state index is 0.167. The topological polar surface area (TPSA) is 78.8 Å². The Kier molecular flexibility index (Phi) is 3.23. The number of tetrazole rings is 1. The average molecular weight is 285 g/mol. The zero-order chi connectivity index (χ0) is 14.8. The van der Waals surface area contributed by atoms with Gasteiger partial charge in [0, 0.05) is 17.3 Å². The third-order valence-corrected chi connectivity index (χ3v) is 3.02. The van der Waals surface area contributed by atoms with Crippen LogP contribution in [0, 0.1) is 5.82 Å². The van der Waals surface area contributed by atoms with Gasteiger partial charge in [-0.1, -0.05) is 0 Å². The molecule has 21 heavy (non-hydrogen) atoms. The zero-order valence-electron chi connectivity index (χ0n) is 11.2. The summed E-state index contributed by atoms with van der Waals surface area (Å²) in [5, 5.41) is 11.5. The van der Waals surface area contributed by atoms with Crippen LogP contribution in [0.5, 0.6) is 5.75 Å². The number of ether oxygens (including phenoxy) is 1. The lowest BCUT2D eigenvalue weighted by atomic mass is 10.2. The lowest BCUT2D eigenvalue weighted by molar-refractivity contribution is 0.386. The fourth-order valence-electron chi connectivity index (χ4n) is 1.96. The van der Waals surface area contributed by atoms with Crippen LogP contribution >= 0.6 is 0 Å². The van der Waals surface area contributed by atoms with Crippen LogP contribution in [0.4, 0.5) is 10.1 Å². The van der Waals surface area contributed by atoms with Gasteiger partial charge >= 0.3 is 0 Å². The molecule has 0 spiro atoms. The van der Waals surface area contributed by atoms with E-state index in [9.17, 15) is 4.39 Å². The highest BCUT2D eigenvalue weighted by molar-refractivity contribution is 5.60. The molecule has 3 aromatic rings. The van der Waals surface area contributed by atoms with E-state index in [4.69, 9.17) is 10.5 Å². The highest BCUT2D eigenvalue weighted by atomic mass is 19.1. The first-order valence-electron chi connectivity index (χ1n) is 6.17. The summed E-state index contributed by atoms with van der Waals surface area (Å²) in [4.78, 5) is 0. The second kappa shape index (κ2) is 5.20. The maximum absolute atomic E-state index is 13.8. The molecule has 0 fully saturated rings. The Morgan fingerprint density at radius 3 is 2.57 bits per heavy atom. The third-order valence-electron chi connectivity index (χ3n) is 3.02. The summed E-state index contributed by atoms with van der Waals surface area (Å²) < 4.78 is 20.2. The normalized spacial score (nSPS) is 10.6. The van der Waals surface area contributed by atoms with Crippen LogP contribution in [0.1, 0.15) is 0 Å². The van der Waals surface area contributed by atoms with Gasteiger partial charge in [0.05, 0.1) is 12.8 Å². The van der Waals surface area contributed by atoms with Crippen LogP contribution in [-0.4, -0.2) is 27.3 Å². The molecular formula is C14H12FN5O. The van der Waals surface area contributed by atoms with Crippen molar-refractivity contribution in [2.24, 2.45) is 0 Å². The summed E-state index contributed by atoms with van der Waals surface area (Å²) in [5.41, 5.74) is 7.59. The van der Waals surface area contributed by atoms with Crippen LogP contribution in [0.3, 0.4) is 0 Å². The van der Waals surface area contributed by atoms with Crippen molar-refractivity contribution in [3.8, 4) is 22.8 Å². The van der Waals surface area contributed by atoms with Crippen molar-refractivity contribution < 1.29 is 9.13 Å². The standard InChI is InChI=1S/C14H12FN5O/c1-21-13-7-6-11(8-12(13)15)20-14(17-18-19-20)9-2-4-10(16)5-3-9/h2-8H,16H2,1H3. The maximum Gasteiger partial charge on any atom is 0.187 e. The molecule has 2 aromatic carbocycles. The van der Waals surface area contributed by atoms with Gasteiger partial charge in [0.1, 0.15) is 0 Å². The summed E-state index contributed by atoms with van der Waals surface area (Å²) in [6.07, 6.45) is 0. The maximum atomic E-state index is 13.8. The second-order valence-corrected chi connectivity index (χ2v) is 4.36. The number of nitrogen functional groups attached to an aromatic ring is 1. The summed E-state index contributed by atoms with van der Waals surface area (Å²) in [6, 6.07) is 11.6. The molecule has 0 bridgehead atoms. The Labute approximate surface area is 120 Å². The molecule has 7 heteroatoms. The van der Waals surface area contributed by atoms with Crippen LogP contribution < -0.4 is 10.5 Å². The lowest BCUT2D eigenvalue weighted by Gasteiger charge is -2.07. The van der Waals surface area contributed by atoms with E-state index in [2.05, 4.69) is 15.5 Å². The highest BCUT2D eigenvalue weighted by Crippen LogP contribution is 2.24. The molecule has 0 atom stereocenters. The fourth-order valence-corrected chi connectivity index (χ4v) is 1.96. The number of benzene rings is 2. The first kappa shape index (κ1) is 13.0. The SMILES string of the molecule is COc1ccc(-n2nnnc2-c2ccc(N)cc2)cc1F. The Morgan fingerprint density at radius 2 is 1.90 bits per heavy atom. The molecule has 0 unspecified atom stereocenters. The number of hydrogen-bond acceptors (Lipinski definition) is 5. The van der Waals surface area contributed by atoms with Crippen LogP contribution in [-0.2, 0) is 0 Å². The monoisotopic (exact) mass is 285 g/mol. The molecule has 2 N–H and O–H groups in total. The summed E-state index contributed by atoms with van der Waals surface area (Å²) in [7, 11) is 1.41. The third kappa shape index (κ3) is 2.40. The Morgan fingerprint density at radius 1 is 1.14 bits per heavy atom. The zero-order valence-corrected chi connectivity index (χ0v) is 11.2. The molecule has 1 heterocycles. The summed E-state index contributed by atoms with van der Waals surface area (Å²) in [5.74, 6) is 0.189. The van der Waals surface area contributed by atoms with E-state index in [1.807, 2.05) is 0 Å². The van der Waals surface area contributed by atoms with Gasteiger partial charge in [-0.25, -0.2) is 4.39 Å². The van der Waals surface area contributed by atoms with Crippen LogP contribution in [0.25, 0.3) is 17.1 Å². The smallest absolute Gasteiger partial charge is 0.187 e. The molecule has 6 nitrogen and oxygen atoms in total. The molecule has 0 saturated carbocycles. The van der Waals surface area contributed by atoms with Gasteiger partial charge in [-0.2, -0.15) is 4.68 Å². The van der Waals surface area contributed by atoms with Crippen molar-refractivity contribution in [1.82, 2.24) is 20.2 Å². The van der Waals surface area contributed by atoms with Gasteiger partial charge in [0.2, 0.25) is 0 Å². The first-order valence-corrected chi connectivity index (χ1v) is 6.17. The van der Waals surface area contributed by atoms with Crippen molar-refractivity contribution in [2.45, 2.75) is 0 Å². The molecule has 0 aliphatic carbocycles. The molecular weight excluding hydrogens is 273 g/mol. The number of aromatic nitrogens is 4. The van der Waals surface area contributed by atoms with E-state index in [0.29, 0.717) is 17.2 Å². The minimum Gasteiger partial charge on any atom is -0.494 e. The Hall–Kier alpha value is -2.96. The number of halogens is 1. The molecule has 0 amide bonds. The van der Waals surface area contributed by atoms with Gasteiger partial charge in [0.25, 0.3) is 0 Å². The predicted molar refractivity (Wildman–Crippen MR) is 75.5 cm³/mol. The van der Waals surface area contributed by atoms with Crippen molar-refractivity contribution in [3.05, 3.63) is 48.3 Å². The summed E-state index contributed by atoms with van der Waals surface area (Å²) in [6.45, 7) is 0. The van der Waals surface area contributed by atoms with Gasteiger partial charge in [-0.05, 0) is 46.8 Å². The molecule has 3 rings (SSSR count). The fraction of sp³-hybridized carbons (Fsp3) is 0.0714. The second-order valence-electron chi connectivity index (χ2n) is 4.36. The van der Waals surface area contributed by atoms with Gasteiger partial charge < -0.3 is 10.5 Å².